The Morgan fingerprint density at radius 2 is 1.88 bits per heavy atom. The summed E-state index contributed by atoms with van der Waals surface area (Å²) in [6, 6.07) is 1.64. The molecule has 0 unspecified atom stereocenters. The van der Waals surface area contributed by atoms with Gasteiger partial charge in [0.25, 0.3) is 0 Å². The van der Waals surface area contributed by atoms with E-state index in [1.165, 1.54) is 0 Å². The summed E-state index contributed by atoms with van der Waals surface area (Å²) >= 11 is 0. The Balaban J connectivity index is 1.63. The van der Waals surface area contributed by atoms with Crippen LogP contribution in [0.25, 0.3) is 0 Å². The van der Waals surface area contributed by atoms with E-state index in [2.05, 4.69) is 10.2 Å². The second-order valence-corrected chi connectivity index (χ2v) is 5.11. The second-order valence-electron chi connectivity index (χ2n) is 5.11. The third kappa shape index (κ3) is 3.17. The van der Waals surface area contributed by atoms with Crippen molar-refractivity contribution in [2.75, 3.05) is 19.6 Å². The van der Waals surface area contributed by atoms with Crippen LogP contribution in [0, 0.1) is 0 Å². The molecule has 5 nitrogen and oxygen atoms in total. The molecule has 0 atom stereocenters. The average molecular weight is 226 g/mol. The number of nitrogens with zero attached hydrogens (tertiary/aromatic N) is 1. The molecule has 0 aromatic heterocycles. The number of carbonyl (C=O) groups excluding carboxylic acids is 1. The molecule has 2 rings (SSSR count). The number of likely N-dealkylation sites (tertiary alicyclic amines) is 1. The Bertz CT molecular complexity index is 244. The van der Waals surface area contributed by atoms with Crippen LogP contribution in [0.1, 0.15) is 25.7 Å². The van der Waals surface area contributed by atoms with Crippen molar-refractivity contribution in [2.45, 2.75) is 43.8 Å². The van der Waals surface area contributed by atoms with Crippen LogP contribution in [0.15, 0.2) is 0 Å². The molecule has 0 radical (unpaired) electrons. The molecule has 2 aliphatic rings. The van der Waals surface area contributed by atoms with Crippen molar-refractivity contribution in [1.29, 1.82) is 0 Å². The molecule has 1 aliphatic heterocycles. The number of nitrogens with two attached hydrogens (primary N) is 2. The highest BCUT2D eigenvalue weighted by atomic mass is 16.1. The summed E-state index contributed by atoms with van der Waals surface area (Å²) in [5, 5.41) is 3.64. The summed E-state index contributed by atoms with van der Waals surface area (Å²) < 4.78 is 0. The molecule has 1 heterocycles. The minimum atomic E-state index is -0.226. The van der Waals surface area contributed by atoms with E-state index in [4.69, 9.17) is 11.5 Å². The molecule has 1 saturated heterocycles. The van der Waals surface area contributed by atoms with Crippen molar-refractivity contribution in [1.82, 2.24) is 10.2 Å². The number of primary amides is 1. The predicted molar refractivity (Wildman–Crippen MR) is 62.8 cm³/mol. The Morgan fingerprint density at radius 1 is 1.25 bits per heavy atom. The predicted octanol–water partition coefficient (Wildman–Crippen LogP) is -0.985. The fourth-order valence-corrected chi connectivity index (χ4v) is 2.61. The molecule has 0 aromatic carbocycles. The number of carbonyl (C=O) groups is 1. The number of amides is 1. The number of hydrogen-bond acceptors (Lipinski definition) is 4. The zero-order valence-corrected chi connectivity index (χ0v) is 9.69. The lowest BCUT2D eigenvalue weighted by Crippen LogP contribution is -2.54. The van der Waals surface area contributed by atoms with Crippen LogP contribution in [-0.2, 0) is 4.79 Å². The van der Waals surface area contributed by atoms with Gasteiger partial charge in [0.2, 0.25) is 5.91 Å². The average Bonchev–Trinajstić information content (AvgIpc) is 2.18. The summed E-state index contributed by atoms with van der Waals surface area (Å²) in [4.78, 5) is 12.9. The van der Waals surface area contributed by atoms with Crippen molar-refractivity contribution in [3.05, 3.63) is 0 Å². The first-order chi connectivity index (χ1) is 7.63. The van der Waals surface area contributed by atoms with Gasteiger partial charge in [-0.15, -0.1) is 0 Å². The van der Waals surface area contributed by atoms with Gasteiger partial charge in [0, 0.05) is 31.2 Å². The minimum absolute atomic E-state index is 0.226. The Hall–Kier alpha value is -0.650. The van der Waals surface area contributed by atoms with Crippen molar-refractivity contribution in [2.24, 2.45) is 11.5 Å². The zero-order chi connectivity index (χ0) is 11.5. The van der Waals surface area contributed by atoms with E-state index in [9.17, 15) is 4.79 Å². The van der Waals surface area contributed by atoms with Gasteiger partial charge in [0.15, 0.2) is 0 Å². The van der Waals surface area contributed by atoms with E-state index in [-0.39, 0.29) is 5.91 Å². The highest BCUT2D eigenvalue weighted by molar-refractivity contribution is 5.75. The molecule has 1 saturated carbocycles. The molecule has 92 valence electrons. The maximum Gasteiger partial charge on any atom is 0.231 e. The molecule has 1 amide bonds. The minimum Gasteiger partial charge on any atom is -0.369 e. The van der Waals surface area contributed by atoms with E-state index in [0.717, 1.165) is 38.8 Å². The molecule has 16 heavy (non-hydrogen) atoms. The molecule has 0 bridgehead atoms. The van der Waals surface area contributed by atoms with Gasteiger partial charge >= 0.3 is 0 Å². The van der Waals surface area contributed by atoms with Crippen LogP contribution in [0.4, 0.5) is 0 Å². The lowest BCUT2D eigenvalue weighted by molar-refractivity contribution is -0.119. The first kappa shape index (κ1) is 11.8. The van der Waals surface area contributed by atoms with Crippen molar-refractivity contribution >= 4 is 5.91 Å². The van der Waals surface area contributed by atoms with Gasteiger partial charge in [0.1, 0.15) is 0 Å². The Kier molecular flexibility index (Phi) is 3.78. The number of nitrogens with one attached hydrogen (secondary N) is 1. The smallest absolute Gasteiger partial charge is 0.231 e. The maximum absolute atomic E-state index is 10.8. The summed E-state index contributed by atoms with van der Waals surface area (Å²) in [5.74, 6) is -0.226. The Morgan fingerprint density at radius 3 is 2.38 bits per heavy atom. The third-order valence-electron chi connectivity index (χ3n) is 3.61. The van der Waals surface area contributed by atoms with Crippen LogP contribution in [-0.4, -0.2) is 48.6 Å². The lowest BCUT2D eigenvalue weighted by atomic mass is 9.86. The zero-order valence-electron chi connectivity index (χ0n) is 9.69. The SMILES string of the molecule is NC(=O)CN1CCC(NC2CC(N)C2)CC1. The molecule has 2 fully saturated rings. The number of hydrogen-bond donors (Lipinski definition) is 3. The summed E-state index contributed by atoms with van der Waals surface area (Å²) in [7, 11) is 0. The molecule has 5 N–H and O–H groups in total. The summed E-state index contributed by atoms with van der Waals surface area (Å²) in [6.07, 6.45) is 4.45. The van der Waals surface area contributed by atoms with E-state index >= 15 is 0 Å². The van der Waals surface area contributed by atoms with Gasteiger partial charge in [-0.2, -0.15) is 0 Å². The Labute approximate surface area is 96.5 Å². The molecule has 0 spiro atoms. The van der Waals surface area contributed by atoms with E-state index in [1.54, 1.807) is 0 Å². The van der Waals surface area contributed by atoms with Crippen LogP contribution < -0.4 is 16.8 Å². The van der Waals surface area contributed by atoms with Crippen LogP contribution >= 0.6 is 0 Å². The lowest BCUT2D eigenvalue weighted by Gasteiger charge is -2.39. The van der Waals surface area contributed by atoms with E-state index in [0.29, 0.717) is 24.7 Å². The quantitative estimate of drug-likeness (QED) is 0.575. The molecule has 1 aliphatic carbocycles. The monoisotopic (exact) mass is 226 g/mol. The van der Waals surface area contributed by atoms with E-state index < -0.39 is 0 Å². The number of rotatable bonds is 4. The van der Waals surface area contributed by atoms with Gasteiger partial charge in [-0.05, 0) is 25.7 Å². The van der Waals surface area contributed by atoms with Gasteiger partial charge in [-0.25, -0.2) is 0 Å². The fraction of sp³-hybridized carbons (Fsp3) is 0.909. The summed E-state index contributed by atoms with van der Waals surface area (Å²) in [5.41, 5.74) is 10.9. The fourth-order valence-electron chi connectivity index (χ4n) is 2.61. The van der Waals surface area contributed by atoms with Gasteiger partial charge in [0.05, 0.1) is 6.54 Å². The topological polar surface area (TPSA) is 84.4 Å². The first-order valence-corrected chi connectivity index (χ1v) is 6.16. The highest BCUT2D eigenvalue weighted by Gasteiger charge is 2.29. The molecular weight excluding hydrogens is 204 g/mol. The highest BCUT2D eigenvalue weighted by Crippen LogP contribution is 2.20. The van der Waals surface area contributed by atoms with Gasteiger partial charge in [-0.1, -0.05) is 0 Å². The van der Waals surface area contributed by atoms with Crippen molar-refractivity contribution < 1.29 is 4.79 Å². The van der Waals surface area contributed by atoms with Crippen molar-refractivity contribution in [3.8, 4) is 0 Å². The van der Waals surface area contributed by atoms with Crippen LogP contribution in [0.3, 0.4) is 0 Å². The molecule has 0 aromatic rings. The van der Waals surface area contributed by atoms with E-state index in [1.807, 2.05) is 0 Å². The first-order valence-electron chi connectivity index (χ1n) is 6.16. The van der Waals surface area contributed by atoms with Crippen molar-refractivity contribution in [3.63, 3.8) is 0 Å². The molecular formula is C11H22N4O. The summed E-state index contributed by atoms with van der Waals surface area (Å²) in [6.45, 7) is 2.35. The molecule has 5 heteroatoms. The second kappa shape index (κ2) is 5.12. The van der Waals surface area contributed by atoms with Crippen LogP contribution in [0.5, 0.6) is 0 Å². The van der Waals surface area contributed by atoms with Crippen LogP contribution in [0.2, 0.25) is 0 Å². The number of piperidine rings is 1. The normalized spacial score (nSPS) is 32.3. The third-order valence-corrected chi connectivity index (χ3v) is 3.61. The van der Waals surface area contributed by atoms with Gasteiger partial charge < -0.3 is 16.8 Å². The maximum atomic E-state index is 10.8. The van der Waals surface area contributed by atoms with Gasteiger partial charge in [-0.3, -0.25) is 9.69 Å². The largest absolute Gasteiger partial charge is 0.369 e. The standard InChI is InChI=1S/C11H22N4O/c12-8-5-10(6-8)14-9-1-3-15(4-2-9)7-11(13)16/h8-10,14H,1-7,12H2,(H2,13,16).